The van der Waals surface area contributed by atoms with Crippen LogP contribution in [0.15, 0.2) is 60.8 Å². The SMILES string of the molecule is O=C(Cc1ccc(F)cc1)Nc1nc2cc(Cl)c(Cl)cn2c1-c1ccc(OC(F)(F)F)cc1. The van der Waals surface area contributed by atoms with Gasteiger partial charge in [-0.1, -0.05) is 35.3 Å². The average Bonchev–Trinajstić information content (AvgIpc) is 3.06. The van der Waals surface area contributed by atoms with Crippen LogP contribution in [0.4, 0.5) is 23.4 Å². The van der Waals surface area contributed by atoms with E-state index in [0.717, 1.165) is 12.1 Å². The second kappa shape index (κ2) is 8.92. The Morgan fingerprint density at radius 2 is 1.70 bits per heavy atom. The Bertz CT molecular complexity index is 1320. The van der Waals surface area contributed by atoms with Gasteiger partial charge in [-0.3, -0.25) is 9.20 Å². The summed E-state index contributed by atoms with van der Waals surface area (Å²) in [4.78, 5) is 17.0. The number of anilines is 1. The topological polar surface area (TPSA) is 55.6 Å². The summed E-state index contributed by atoms with van der Waals surface area (Å²) in [7, 11) is 0. The highest BCUT2D eigenvalue weighted by Crippen LogP contribution is 2.34. The highest BCUT2D eigenvalue weighted by Gasteiger charge is 2.31. The van der Waals surface area contributed by atoms with Gasteiger partial charge in [0.2, 0.25) is 5.91 Å². The van der Waals surface area contributed by atoms with Gasteiger partial charge in [-0.25, -0.2) is 9.37 Å². The van der Waals surface area contributed by atoms with Crippen LogP contribution in [-0.4, -0.2) is 21.7 Å². The summed E-state index contributed by atoms with van der Waals surface area (Å²) in [5.74, 6) is -1.11. The Hall–Kier alpha value is -3.30. The van der Waals surface area contributed by atoms with E-state index in [-0.39, 0.29) is 22.3 Å². The number of ether oxygens (including phenoxy) is 1. The van der Waals surface area contributed by atoms with E-state index in [4.69, 9.17) is 23.2 Å². The number of rotatable bonds is 5. The van der Waals surface area contributed by atoms with E-state index in [2.05, 4.69) is 15.0 Å². The Kier molecular flexibility index (Phi) is 6.18. The monoisotopic (exact) mass is 497 g/mol. The van der Waals surface area contributed by atoms with Crippen LogP contribution in [0.5, 0.6) is 5.75 Å². The maximum atomic E-state index is 13.1. The standard InChI is InChI=1S/C22H13Cl2F4N3O2/c23-16-10-18-29-21(30-19(32)9-12-1-5-14(25)6-2-12)20(31(18)11-17(16)24)13-3-7-15(8-4-13)33-22(26,27)28/h1-8,10-11H,9H2,(H,30,32). The molecule has 0 atom stereocenters. The van der Waals surface area contributed by atoms with Gasteiger partial charge in [0, 0.05) is 17.8 Å². The number of halogens is 6. The van der Waals surface area contributed by atoms with Gasteiger partial charge in [0.05, 0.1) is 22.2 Å². The highest BCUT2D eigenvalue weighted by molar-refractivity contribution is 6.42. The van der Waals surface area contributed by atoms with Crippen molar-refractivity contribution in [2.45, 2.75) is 12.8 Å². The highest BCUT2D eigenvalue weighted by atomic mass is 35.5. The number of imidazole rings is 1. The summed E-state index contributed by atoms with van der Waals surface area (Å²) in [6.45, 7) is 0. The van der Waals surface area contributed by atoms with Crippen molar-refractivity contribution >= 4 is 40.6 Å². The van der Waals surface area contributed by atoms with E-state index in [1.54, 1.807) is 4.40 Å². The number of nitrogens with one attached hydrogen (secondary N) is 1. The molecule has 2 heterocycles. The predicted octanol–water partition coefficient (Wildman–Crippen LogP) is 6.53. The van der Waals surface area contributed by atoms with Gasteiger partial charge >= 0.3 is 6.36 Å². The normalized spacial score (nSPS) is 11.6. The lowest BCUT2D eigenvalue weighted by molar-refractivity contribution is -0.274. The van der Waals surface area contributed by atoms with Crippen molar-refractivity contribution in [1.82, 2.24) is 9.38 Å². The van der Waals surface area contributed by atoms with Crippen molar-refractivity contribution in [3.05, 3.63) is 82.2 Å². The first kappa shape index (κ1) is 22.9. The summed E-state index contributed by atoms with van der Waals surface area (Å²) in [6.07, 6.45) is -3.39. The third kappa shape index (κ3) is 5.37. The number of aromatic nitrogens is 2. The van der Waals surface area contributed by atoms with Gasteiger partial charge < -0.3 is 10.1 Å². The number of alkyl halides is 3. The molecule has 0 saturated heterocycles. The second-order valence-corrected chi connectivity index (χ2v) is 7.74. The molecular formula is C22H13Cl2F4N3O2. The minimum Gasteiger partial charge on any atom is -0.406 e. The fourth-order valence-electron chi connectivity index (χ4n) is 3.18. The van der Waals surface area contributed by atoms with E-state index in [9.17, 15) is 22.4 Å². The molecule has 5 nitrogen and oxygen atoms in total. The minimum absolute atomic E-state index is 0.0482. The van der Waals surface area contributed by atoms with Gasteiger partial charge in [0.1, 0.15) is 17.2 Å². The number of amides is 1. The third-order valence-electron chi connectivity index (χ3n) is 4.56. The van der Waals surface area contributed by atoms with Gasteiger partial charge in [-0.15, -0.1) is 13.2 Å². The van der Waals surface area contributed by atoms with Crippen molar-refractivity contribution in [2.24, 2.45) is 0 Å². The van der Waals surface area contributed by atoms with E-state index < -0.39 is 23.8 Å². The van der Waals surface area contributed by atoms with E-state index in [1.807, 2.05) is 0 Å². The molecule has 0 fully saturated rings. The molecule has 2 aromatic carbocycles. The summed E-state index contributed by atoms with van der Waals surface area (Å²) < 4.78 is 56.0. The van der Waals surface area contributed by atoms with Gasteiger partial charge in [0.15, 0.2) is 5.82 Å². The molecule has 4 aromatic rings. The summed E-state index contributed by atoms with van der Waals surface area (Å²) >= 11 is 12.2. The fraction of sp³-hybridized carbons (Fsp3) is 0.0909. The van der Waals surface area contributed by atoms with Crippen LogP contribution in [-0.2, 0) is 11.2 Å². The van der Waals surface area contributed by atoms with E-state index in [1.165, 1.54) is 48.7 Å². The predicted molar refractivity (Wildman–Crippen MR) is 116 cm³/mol. The number of carbonyl (C=O) groups is 1. The molecule has 33 heavy (non-hydrogen) atoms. The Balaban J connectivity index is 1.71. The summed E-state index contributed by atoms with van der Waals surface area (Å²) in [5, 5.41) is 3.14. The molecule has 0 aliphatic rings. The molecule has 2 aromatic heterocycles. The lowest BCUT2D eigenvalue weighted by Gasteiger charge is -2.11. The Morgan fingerprint density at radius 3 is 2.33 bits per heavy atom. The Labute approximate surface area is 194 Å². The zero-order valence-corrected chi connectivity index (χ0v) is 18.0. The van der Waals surface area contributed by atoms with Crippen LogP contribution in [0.3, 0.4) is 0 Å². The first-order valence-electron chi connectivity index (χ1n) is 9.36. The third-order valence-corrected chi connectivity index (χ3v) is 5.27. The lowest BCUT2D eigenvalue weighted by Crippen LogP contribution is -2.17. The first-order valence-corrected chi connectivity index (χ1v) is 10.1. The average molecular weight is 498 g/mol. The van der Waals surface area contributed by atoms with E-state index >= 15 is 0 Å². The van der Waals surface area contributed by atoms with Crippen molar-refractivity contribution in [2.75, 3.05) is 5.32 Å². The molecule has 11 heteroatoms. The first-order chi connectivity index (χ1) is 15.6. The number of pyridine rings is 1. The molecular weight excluding hydrogens is 485 g/mol. The zero-order valence-electron chi connectivity index (χ0n) is 16.5. The summed E-state index contributed by atoms with van der Waals surface area (Å²) in [6, 6.07) is 12.0. The molecule has 0 aliphatic carbocycles. The molecule has 0 aliphatic heterocycles. The maximum absolute atomic E-state index is 13.1. The van der Waals surface area contributed by atoms with Crippen LogP contribution in [0.1, 0.15) is 5.56 Å². The number of carbonyl (C=O) groups excluding carboxylic acids is 1. The largest absolute Gasteiger partial charge is 0.573 e. The molecule has 4 rings (SSSR count). The number of hydrogen-bond donors (Lipinski definition) is 1. The molecule has 0 spiro atoms. The number of fused-ring (bicyclic) bond motifs is 1. The van der Waals surface area contributed by atoms with Crippen LogP contribution < -0.4 is 10.1 Å². The van der Waals surface area contributed by atoms with Crippen LogP contribution in [0.2, 0.25) is 10.0 Å². The quantitative estimate of drug-likeness (QED) is 0.319. The van der Waals surface area contributed by atoms with Crippen LogP contribution >= 0.6 is 23.2 Å². The van der Waals surface area contributed by atoms with Crippen molar-refractivity contribution in [1.29, 1.82) is 0 Å². The molecule has 0 saturated carbocycles. The molecule has 170 valence electrons. The van der Waals surface area contributed by atoms with Crippen LogP contribution in [0, 0.1) is 5.82 Å². The molecule has 1 N–H and O–H groups in total. The Morgan fingerprint density at radius 1 is 1.03 bits per heavy atom. The lowest BCUT2D eigenvalue weighted by atomic mass is 10.1. The zero-order chi connectivity index (χ0) is 23.8. The van der Waals surface area contributed by atoms with Gasteiger partial charge in [-0.2, -0.15) is 0 Å². The van der Waals surface area contributed by atoms with Crippen molar-refractivity contribution < 1.29 is 27.1 Å². The molecule has 0 radical (unpaired) electrons. The van der Waals surface area contributed by atoms with Gasteiger partial charge in [-0.05, 0) is 42.0 Å². The maximum Gasteiger partial charge on any atom is 0.573 e. The van der Waals surface area contributed by atoms with E-state index in [0.29, 0.717) is 22.5 Å². The van der Waals surface area contributed by atoms with Crippen LogP contribution in [0.25, 0.3) is 16.9 Å². The second-order valence-electron chi connectivity index (χ2n) is 6.93. The smallest absolute Gasteiger partial charge is 0.406 e. The number of nitrogens with zero attached hydrogens (tertiary/aromatic N) is 2. The van der Waals surface area contributed by atoms with Crippen molar-refractivity contribution in [3.8, 4) is 17.0 Å². The number of hydrogen-bond acceptors (Lipinski definition) is 3. The van der Waals surface area contributed by atoms with Gasteiger partial charge in [0.25, 0.3) is 0 Å². The van der Waals surface area contributed by atoms with Crippen molar-refractivity contribution in [3.63, 3.8) is 0 Å². The summed E-state index contributed by atoms with van der Waals surface area (Å²) in [5.41, 5.74) is 1.74. The fourth-order valence-corrected chi connectivity index (χ4v) is 3.48. The molecule has 0 bridgehead atoms. The molecule has 1 amide bonds. The number of benzene rings is 2. The molecule has 0 unspecified atom stereocenters. The minimum atomic E-state index is -4.82.